The molecular formula is C12H17BN2O4. The van der Waals surface area contributed by atoms with E-state index in [1.165, 1.54) is 6.20 Å². The van der Waals surface area contributed by atoms with Crippen LogP contribution in [0.4, 0.5) is 4.79 Å². The minimum atomic E-state index is -0.885. The van der Waals surface area contributed by atoms with E-state index >= 15 is 0 Å². The van der Waals surface area contributed by atoms with E-state index in [2.05, 4.69) is 4.98 Å². The van der Waals surface area contributed by atoms with Gasteiger partial charge in [-0.05, 0) is 33.8 Å². The normalized spacial score (nSPS) is 20.3. The highest BCUT2D eigenvalue weighted by Gasteiger charge is 2.52. The highest BCUT2D eigenvalue weighted by molar-refractivity contribution is 6.63. The number of hydrogen-bond donors (Lipinski definition) is 1. The molecule has 2 N–H and O–H groups in total. The third-order valence-electron chi connectivity index (χ3n) is 3.53. The Bertz CT molecular complexity index is 488. The monoisotopic (exact) mass is 264 g/mol. The van der Waals surface area contributed by atoms with Gasteiger partial charge in [0.05, 0.1) is 11.2 Å². The Morgan fingerprint density at radius 1 is 1.32 bits per heavy atom. The third kappa shape index (κ3) is 2.57. The number of nitrogens with zero attached hydrogens (tertiary/aromatic N) is 1. The van der Waals surface area contributed by atoms with Crippen LogP contribution in [0.5, 0.6) is 5.75 Å². The van der Waals surface area contributed by atoms with Gasteiger partial charge in [-0.2, -0.15) is 0 Å². The molecule has 1 aromatic heterocycles. The molecule has 0 saturated carbocycles. The maximum Gasteiger partial charge on any atom is 0.500 e. The van der Waals surface area contributed by atoms with Crippen LogP contribution >= 0.6 is 0 Å². The molecule has 1 aromatic rings. The lowest BCUT2D eigenvalue weighted by Crippen LogP contribution is -2.41. The first-order chi connectivity index (χ1) is 8.73. The van der Waals surface area contributed by atoms with Gasteiger partial charge in [-0.25, -0.2) is 4.79 Å². The minimum Gasteiger partial charge on any atom is -0.411 e. The molecule has 0 aliphatic carbocycles. The summed E-state index contributed by atoms with van der Waals surface area (Å²) in [5, 5.41) is 0. The first kappa shape index (κ1) is 13.8. The lowest BCUT2D eigenvalue weighted by molar-refractivity contribution is 0.00578. The molecule has 102 valence electrons. The van der Waals surface area contributed by atoms with Crippen LogP contribution in [0.25, 0.3) is 0 Å². The van der Waals surface area contributed by atoms with E-state index in [-0.39, 0.29) is 0 Å². The maximum absolute atomic E-state index is 10.9. The van der Waals surface area contributed by atoms with Gasteiger partial charge in [-0.1, -0.05) is 0 Å². The standard InChI is InChI=1S/C12H17BN2O4/c1-11(2)12(3,4)19-13(18-11)8-7-15-6-5-9(8)17-10(14)16/h5-7H,1-4H3,(H2,14,16). The summed E-state index contributed by atoms with van der Waals surface area (Å²) in [5.74, 6) is 0.293. The zero-order chi connectivity index (χ0) is 14.3. The third-order valence-corrected chi connectivity index (χ3v) is 3.53. The highest BCUT2D eigenvalue weighted by atomic mass is 16.7. The van der Waals surface area contributed by atoms with Crippen molar-refractivity contribution >= 4 is 18.7 Å². The predicted octanol–water partition coefficient (Wildman–Crippen LogP) is 0.838. The van der Waals surface area contributed by atoms with Crippen molar-refractivity contribution in [1.82, 2.24) is 4.98 Å². The summed E-state index contributed by atoms with van der Waals surface area (Å²) in [5.41, 5.74) is 4.63. The number of carbonyl (C=O) groups is 1. The Morgan fingerprint density at radius 3 is 2.42 bits per heavy atom. The van der Waals surface area contributed by atoms with E-state index in [0.717, 1.165) is 0 Å². The number of hydrogen-bond acceptors (Lipinski definition) is 5. The van der Waals surface area contributed by atoms with Gasteiger partial charge >= 0.3 is 13.2 Å². The molecule has 7 heteroatoms. The van der Waals surface area contributed by atoms with Crippen molar-refractivity contribution in [3.05, 3.63) is 18.5 Å². The molecular weight excluding hydrogens is 247 g/mol. The van der Waals surface area contributed by atoms with Crippen LogP contribution in [-0.2, 0) is 9.31 Å². The second-order valence-corrected chi connectivity index (χ2v) is 5.42. The van der Waals surface area contributed by atoms with Crippen molar-refractivity contribution in [1.29, 1.82) is 0 Å². The van der Waals surface area contributed by atoms with E-state index in [1.807, 2.05) is 27.7 Å². The van der Waals surface area contributed by atoms with Crippen molar-refractivity contribution in [2.75, 3.05) is 0 Å². The van der Waals surface area contributed by atoms with Crippen LogP contribution in [0.2, 0.25) is 0 Å². The Morgan fingerprint density at radius 2 is 1.89 bits per heavy atom. The molecule has 0 aromatic carbocycles. The SMILES string of the molecule is CC1(C)OB(c2cnccc2OC(N)=O)OC1(C)C. The Hall–Kier alpha value is -1.60. The van der Waals surface area contributed by atoms with Gasteiger partial charge in [0.25, 0.3) is 0 Å². The van der Waals surface area contributed by atoms with Crippen LogP contribution in [-0.4, -0.2) is 29.4 Å². The number of ether oxygens (including phenoxy) is 1. The molecule has 19 heavy (non-hydrogen) atoms. The zero-order valence-corrected chi connectivity index (χ0v) is 11.5. The smallest absolute Gasteiger partial charge is 0.411 e. The minimum absolute atomic E-state index is 0.293. The number of nitrogens with two attached hydrogens (primary N) is 1. The van der Waals surface area contributed by atoms with Gasteiger partial charge in [-0.15, -0.1) is 0 Å². The molecule has 1 saturated heterocycles. The number of rotatable bonds is 2. The summed E-state index contributed by atoms with van der Waals surface area (Å²) in [7, 11) is -0.645. The first-order valence-corrected chi connectivity index (χ1v) is 6.00. The topological polar surface area (TPSA) is 83.7 Å². The lowest BCUT2D eigenvalue weighted by Gasteiger charge is -2.32. The predicted molar refractivity (Wildman–Crippen MR) is 70.2 cm³/mol. The number of carbonyl (C=O) groups excluding carboxylic acids is 1. The van der Waals surface area contributed by atoms with E-state index in [4.69, 9.17) is 19.8 Å². The molecule has 2 rings (SSSR count). The second-order valence-electron chi connectivity index (χ2n) is 5.42. The van der Waals surface area contributed by atoms with Crippen molar-refractivity contribution in [2.24, 2.45) is 5.73 Å². The average molecular weight is 264 g/mol. The zero-order valence-electron chi connectivity index (χ0n) is 11.5. The molecule has 0 bridgehead atoms. The van der Waals surface area contributed by atoms with Crippen LogP contribution < -0.4 is 15.9 Å². The summed E-state index contributed by atoms with van der Waals surface area (Å²) >= 11 is 0. The van der Waals surface area contributed by atoms with Crippen LogP contribution in [0.15, 0.2) is 18.5 Å². The van der Waals surface area contributed by atoms with Gasteiger partial charge in [0.2, 0.25) is 0 Å². The molecule has 0 radical (unpaired) electrons. The van der Waals surface area contributed by atoms with Crippen molar-refractivity contribution < 1.29 is 18.8 Å². The first-order valence-electron chi connectivity index (χ1n) is 6.00. The van der Waals surface area contributed by atoms with Crippen LogP contribution in [0.1, 0.15) is 27.7 Å². The Labute approximate surface area is 112 Å². The number of aromatic nitrogens is 1. The quantitative estimate of drug-likeness (QED) is 0.800. The number of amides is 1. The summed E-state index contributed by atoms with van der Waals surface area (Å²) < 4.78 is 16.7. The fourth-order valence-corrected chi connectivity index (χ4v) is 1.74. The maximum atomic E-state index is 10.9. The molecule has 1 aliphatic heterocycles. The Kier molecular flexibility index (Phi) is 3.28. The highest BCUT2D eigenvalue weighted by Crippen LogP contribution is 2.37. The lowest BCUT2D eigenvalue weighted by atomic mass is 9.79. The van der Waals surface area contributed by atoms with Gasteiger partial charge in [0.15, 0.2) is 0 Å². The van der Waals surface area contributed by atoms with Crippen molar-refractivity contribution in [3.8, 4) is 5.75 Å². The summed E-state index contributed by atoms with van der Waals surface area (Å²) in [6, 6.07) is 1.55. The van der Waals surface area contributed by atoms with Gasteiger partial charge in [0, 0.05) is 17.9 Å². The molecule has 2 heterocycles. The van der Waals surface area contributed by atoms with Crippen molar-refractivity contribution in [2.45, 2.75) is 38.9 Å². The van der Waals surface area contributed by atoms with Gasteiger partial charge in [-0.3, -0.25) is 4.98 Å². The molecule has 6 nitrogen and oxygen atoms in total. The molecule has 0 atom stereocenters. The summed E-state index contributed by atoms with van der Waals surface area (Å²) in [6.45, 7) is 7.77. The van der Waals surface area contributed by atoms with E-state index < -0.39 is 24.4 Å². The molecule has 1 amide bonds. The number of pyridine rings is 1. The number of primary amides is 1. The van der Waals surface area contributed by atoms with Gasteiger partial charge < -0.3 is 19.8 Å². The summed E-state index contributed by atoms with van der Waals surface area (Å²) in [4.78, 5) is 14.9. The van der Waals surface area contributed by atoms with E-state index in [0.29, 0.717) is 11.2 Å². The van der Waals surface area contributed by atoms with Gasteiger partial charge in [0.1, 0.15) is 5.75 Å². The van der Waals surface area contributed by atoms with Crippen LogP contribution in [0, 0.1) is 0 Å². The second kappa shape index (κ2) is 4.50. The Balaban J connectivity index is 2.32. The molecule has 0 unspecified atom stereocenters. The van der Waals surface area contributed by atoms with Crippen molar-refractivity contribution in [3.63, 3.8) is 0 Å². The van der Waals surface area contributed by atoms with E-state index in [1.54, 1.807) is 12.3 Å². The van der Waals surface area contributed by atoms with E-state index in [9.17, 15) is 4.79 Å². The summed E-state index contributed by atoms with van der Waals surface area (Å²) in [6.07, 6.45) is 2.16. The largest absolute Gasteiger partial charge is 0.500 e. The fraction of sp³-hybridized carbons (Fsp3) is 0.500. The molecule has 1 aliphatic rings. The fourth-order valence-electron chi connectivity index (χ4n) is 1.74. The average Bonchev–Trinajstić information content (AvgIpc) is 2.48. The molecule has 1 fully saturated rings. The van der Waals surface area contributed by atoms with Crippen LogP contribution in [0.3, 0.4) is 0 Å². The molecule has 0 spiro atoms.